The van der Waals surface area contributed by atoms with Gasteiger partial charge in [-0.2, -0.15) is 0 Å². The van der Waals surface area contributed by atoms with E-state index in [9.17, 15) is 19.8 Å². The highest BCUT2D eigenvalue weighted by Gasteiger charge is 2.46. The van der Waals surface area contributed by atoms with Crippen molar-refractivity contribution in [3.63, 3.8) is 0 Å². The summed E-state index contributed by atoms with van der Waals surface area (Å²) in [7, 11) is 2.93. The van der Waals surface area contributed by atoms with Crippen LogP contribution in [0.15, 0.2) is 72.6 Å². The van der Waals surface area contributed by atoms with Gasteiger partial charge in [-0.3, -0.25) is 14.6 Å². The molecule has 1 fully saturated rings. The average Bonchev–Trinajstić information content (AvgIpc) is 3.09. The molecule has 33 heavy (non-hydrogen) atoms. The standard InChI is InChI=1S/C25H22N2O6/c1-32-18-8-5-16(6-9-18)23(29)21-22(17-7-10-19(28)20(12-17)33-2)27(25(31)24(21)30)14-15-4-3-11-26-13-15/h3-13,22,28-29H,14H2,1-2H3/t22-/m1/s1. The van der Waals surface area contributed by atoms with Crippen molar-refractivity contribution in [3.05, 3.63) is 89.3 Å². The molecule has 1 aliphatic heterocycles. The van der Waals surface area contributed by atoms with Crippen LogP contribution in [0.3, 0.4) is 0 Å². The van der Waals surface area contributed by atoms with Crippen LogP contribution >= 0.6 is 0 Å². The number of ketones is 1. The van der Waals surface area contributed by atoms with Crippen LogP contribution in [-0.2, 0) is 16.1 Å². The lowest BCUT2D eigenvalue weighted by Crippen LogP contribution is -2.29. The SMILES string of the molecule is COc1ccc(C(O)=C2C(=O)C(=O)N(Cc3cccnc3)[C@@H]2c2ccc(O)c(OC)c2)cc1. The number of carbonyl (C=O) groups is 2. The molecular weight excluding hydrogens is 424 g/mol. The Morgan fingerprint density at radius 2 is 1.82 bits per heavy atom. The first kappa shape index (κ1) is 21.9. The molecule has 0 aliphatic carbocycles. The third kappa shape index (κ3) is 4.10. The van der Waals surface area contributed by atoms with Gasteiger partial charge in [0.1, 0.15) is 11.5 Å². The molecule has 0 unspecified atom stereocenters. The number of carbonyl (C=O) groups excluding carboxylic acids is 2. The highest BCUT2D eigenvalue weighted by Crippen LogP contribution is 2.42. The number of ether oxygens (including phenoxy) is 2. The smallest absolute Gasteiger partial charge is 0.295 e. The van der Waals surface area contributed by atoms with Gasteiger partial charge < -0.3 is 24.6 Å². The fraction of sp³-hybridized carbons (Fsp3) is 0.160. The van der Waals surface area contributed by atoms with E-state index in [0.29, 0.717) is 16.9 Å². The Kier molecular flexibility index (Phi) is 5.99. The molecule has 4 rings (SSSR count). The molecule has 0 saturated carbocycles. The zero-order chi connectivity index (χ0) is 23.5. The molecule has 0 bridgehead atoms. The quantitative estimate of drug-likeness (QED) is 0.339. The lowest BCUT2D eigenvalue weighted by Gasteiger charge is -2.25. The number of aliphatic hydroxyl groups excluding tert-OH is 1. The number of methoxy groups -OCH3 is 2. The first-order valence-electron chi connectivity index (χ1n) is 10.1. The topological polar surface area (TPSA) is 109 Å². The third-order valence-electron chi connectivity index (χ3n) is 5.50. The maximum atomic E-state index is 13.1. The summed E-state index contributed by atoms with van der Waals surface area (Å²) in [5, 5.41) is 21.1. The van der Waals surface area contributed by atoms with E-state index < -0.39 is 17.7 Å². The number of rotatable bonds is 6. The fourth-order valence-electron chi connectivity index (χ4n) is 3.85. The minimum Gasteiger partial charge on any atom is -0.507 e. The number of pyridine rings is 1. The maximum absolute atomic E-state index is 13.1. The summed E-state index contributed by atoms with van der Waals surface area (Å²) in [5.41, 5.74) is 1.54. The summed E-state index contributed by atoms with van der Waals surface area (Å²) in [6, 6.07) is 13.7. The minimum atomic E-state index is -0.901. The van der Waals surface area contributed by atoms with Crippen molar-refractivity contribution < 1.29 is 29.3 Å². The number of hydrogen-bond donors (Lipinski definition) is 2. The lowest BCUT2D eigenvalue weighted by molar-refractivity contribution is -0.140. The van der Waals surface area contributed by atoms with Gasteiger partial charge in [0.05, 0.1) is 25.8 Å². The fourth-order valence-corrected chi connectivity index (χ4v) is 3.85. The number of hydrogen-bond acceptors (Lipinski definition) is 7. The molecular formula is C25H22N2O6. The second kappa shape index (κ2) is 9.04. The monoisotopic (exact) mass is 446 g/mol. The molecule has 2 heterocycles. The van der Waals surface area contributed by atoms with Crippen molar-refractivity contribution in [2.45, 2.75) is 12.6 Å². The zero-order valence-corrected chi connectivity index (χ0v) is 18.1. The summed E-state index contributed by atoms with van der Waals surface area (Å²) in [6.07, 6.45) is 3.22. The van der Waals surface area contributed by atoms with Gasteiger partial charge in [-0.25, -0.2) is 0 Å². The number of phenols is 1. The number of amides is 1. The van der Waals surface area contributed by atoms with Gasteiger partial charge in [-0.05, 0) is 53.6 Å². The minimum absolute atomic E-state index is 0.0539. The first-order valence-corrected chi connectivity index (χ1v) is 10.1. The van der Waals surface area contributed by atoms with Gasteiger partial charge in [0.15, 0.2) is 11.5 Å². The van der Waals surface area contributed by atoms with E-state index in [2.05, 4.69) is 4.98 Å². The molecule has 0 radical (unpaired) electrons. The molecule has 2 N–H and O–H groups in total. The molecule has 2 aromatic carbocycles. The van der Waals surface area contributed by atoms with Crippen LogP contribution in [0.4, 0.5) is 0 Å². The average molecular weight is 446 g/mol. The van der Waals surface area contributed by atoms with Crippen LogP contribution < -0.4 is 9.47 Å². The maximum Gasteiger partial charge on any atom is 0.295 e. The summed E-state index contributed by atoms with van der Waals surface area (Å²) in [4.78, 5) is 31.6. The van der Waals surface area contributed by atoms with E-state index >= 15 is 0 Å². The van der Waals surface area contributed by atoms with Crippen molar-refractivity contribution in [3.8, 4) is 17.2 Å². The molecule has 1 aliphatic rings. The number of likely N-dealkylation sites (tertiary alicyclic amines) is 1. The van der Waals surface area contributed by atoms with Gasteiger partial charge in [0.25, 0.3) is 11.7 Å². The summed E-state index contributed by atoms with van der Waals surface area (Å²) >= 11 is 0. The Balaban J connectivity index is 1.87. The lowest BCUT2D eigenvalue weighted by atomic mass is 9.95. The van der Waals surface area contributed by atoms with Gasteiger partial charge in [-0.15, -0.1) is 0 Å². The van der Waals surface area contributed by atoms with Crippen LogP contribution in [-0.4, -0.2) is 46.0 Å². The van der Waals surface area contributed by atoms with E-state index in [1.807, 2.05) is 0 Å². The van der Waals surface area contributed by atoms with Crippen molar-refractivity contribution in [2.75, 3.05) is 14.2 Å². The molecule has 8 heteroatoms. The van der Waals surface area contributed by atoms with Crippen molar-refractivity contribution in [1.82, 2.24) is 9.88 Å². The Bertz CT molecular complexity index is 1220. The van der Waals surface area contributed by atoms with Crippen LogP contribution in [0.2, 0.25) is 0 Å². The highest BCUT2D eigenvalue weighted by molar-refractivity contribution is 6.46. The van der Waals surface area contributed by atoms with E-state index in [1.54, 1.807) is 60.9 Å². The van der Waals surface area contributed by atoms with Crippen LogP contribution in [0.5, 0.6) is 17.2 Å². The highest BCUT2D eigenvalue weighted by atomic mass is 16.5. The summed E-state index contributed by atoms with van der Waals surface area (Å²) in [6.45, 7) is 0.103. The molecule has 8 nitrogen and oxygen atoms in total. The predicted molar refractivity (Wildman–Crippen MR) is 120 cm³/mol. The van der Waals surface area contributed by atoms with Gasteiger partial charge in [0.2, 0.25) is 0 Å². The third-order valence-corrected chi connectivity index (χ3v) is 5.50. The number of aromatic nitrogens is 1. The normalized spacial score (nSPS) is 17.3. The summed E-state index contributed by atoms with van der Waals surface area (Å²) in [5.74, 6) is -1.16. The molecule has 1 aromatic heterocycles. The number of Topliss-reactive ketones (excluding diaryl/α,β-unsaturated/α-hetero) is 1. The van der Waals surface area contributed by atoms with Crippen molar-refractivity contribution in [1.29, 1.82) is 0 Å². The van der Waals surface area contributed by atoms with E-state index in [0.717, 1.165) is 5.56 Å². The van der Waals surface area contributed by atoms with Gasteiger partial charge in [-0.1, -0.05) is 12.1 Å². The largest absolute Gasteiger partial charge is 0.507 e. The van der Waals surface area contributed by atoms with E-state index in [-0.39, 0.29) is 29.4 Å². The molecule has 3 aromatic rings. The molecule has 1 saturated heterocycles. The van der Waals surface area contributed by atoms with Crippen LogP contribution in [0.1, 0.15) is 22.7 Å². The Morgan fingerprint density at radius 1 is 1.06 bits per heavy atom. The van der Waals surface area contributed by atoms with E-state index in [4.69, 9.17) is 9.47 Å². The van der Waals surface area contributed by atoms with Crippen LogP contribution in [0.25, 0.3) is 5.76 Å². The molecule has 0 spiro atoms. The first-order chi connectivity index (χ1) is 15.9. The van der Waals surface area contributed by atoms with Crippen molar-refractivity contribution in [2.24, 2.45) is 0 Å². The number of phenolic OH excluding ortho intramolecular Hbond substituents is 1. The Hall–Kier alpha value is -4.33. The predicted octanol–water partition coefficient (Wildman–Crippen LogP) is 3.43. The van der Waals surface area contributed by atoms with Gasteiger partial charge >= 0.3 is 0 Å². The van der Waals surface area contributed by atoms with Crippen LogP contribution in [0, 0.1) is 0 Å². The van der Waals surface area contributed by atoms with E-state index in [1.165, 1.54) is 25.2 Å². The summed E-state index contributed by atoms with van der Waals surface area (Å²) < 4.78 is 10.4. The van der Waals surface area contributed by atoms with Crippen molar-refractivity contribution >= 4 is 17.4 Å². The molecule has 1 amide bonds. The number of aromatic hydroxyl groups is 1. The number of benzene rings is 2. The number of aliphatic hydroxyl groups is 1. The second-order valence-corrected chi connectivity index (χ2v) is 7.45. The Morgan fingerprint density at radius 3 is 2.45 bits per heavy atom. The number of nitrogens with zero attached hydrogens (tertiary/aromatic N) is 2. The molecule has 1 atom stereocenters. The second-order valence-electron chi connectivity index (χ2n) is 7.45. The molecule has 168 valence electrons. The Labute approximate surface area is 190 Å². The van der Waals surface area contributed by atoms with Gasteiger partial charge in [0, 0.05) is 24.5 Å². The zero-order valence-electron chi connectivity index (χ0n) is 18.1.